The summed E-state index contributed by atoms with van der Waals surface area (Å²) in [4.78, 5) is 13.2. The van der Waals surface area contributed by atoms with E-state index in [1.54, 1.807) is 0 Å². The second-order valence-corrected chi connectivity index (χ2v) is 13.4. The standard InChI is InChI=1S/C30H43N3O2S/c1-6-35-25(34)29(5)14-8-13-28(4)22(29)12-16-30-18-24(27(3,19-30)15-11-23(28)30)32-33-26(36)31-21-10-7-9-20(2)17-21/h7,9-10,17,22-23H,6,8,11-16,18-19H2,1-5H3,(H2,31,33,36)/b32-24+/t22-,23-,27-,28+,29+,30-/m0/s1. The molecule has 4 aliphatic carbocycles. The fraction of sp³-hybridized carbons (Fsp3) is 0.700. The molecule has 1 spiro atoms. The van der Waals surface area contributed by atoms with Crippen molar-refractivity contribution in [1.82, 2.24) is 5.43 Å². The molecule has 0 amide bonds. The van der Waals surface area contributed by atoms with Crippen molar-refractivity contribution in [3.8, 4) is 0 Å². The van der Waals surface area contributed by atoms with Gasteiger partial charge in [0.15, 0.2) is 5.11 Å². The average Bonchev–Trinajstić information content (AvgIpc) is 3.02. The van der Waals surface area contributed by atoms with Gasteiger partial charge >= 0.3 is 5.97 Å². The van der Waals surface area contributed by atoms with Crippen molar-refractivity contribution in [2.45, 2.75) is 92.4 Å². The molecule has 0 aliphatic heterocycles. The quantitative estimate of drug-likeness (QED) is 0.260. The molecule has 4 saturated carbocycles. The van der Waals surface area contributed by atoms with E-state index in [1.165, 1.54) is 37.0 Å². The minimum atomic E-state index is -0.351. The number of aryl methyl sites for hydroxylation is 1. The molecule has 6 heteroatoms. The molecule has 0 aromatic heterocycles. The van der Waals surface area contributed by atoms with Crippen LogP contribution in [0.15, 0.2) is 29.4 Å². The third-order valence-electron chi connectivity index (χ3n) is 10.7. The van der Waals surface area contributed by atoms with Crippen molar-refractivity contribution in [1.29, 1.82) is 0 Å². The van der Waals surface area contributed by atoms with Crippen molar-refractivity contribution in [2.24, 2.45) is 38.6 Å². The smallest absolute Gasteiger partial charge is 0.312 e. The number of fused-ring (bicyclic) bond motifs is 3. The van der Waals surface area contributed by atoms with E-state index in [4.69, 9.17) is 22.1 Å². The molecule has 4 aliphatic rings. The van der Waals surface area contributed by atoms with Crippen molar-refractivity contribution < 1.29 is 9.53 Å². The maximum absolute atomic E-state index is 13.2. The minimum absolute atomic E-state index is 0.0324. The fourth-order valence-electron chi connectivity index (χ4n) is 9.24. The van der Waals surface area contributed by atoms with Gasteiger partial charge in [-0.05, 0) is 125 Å². The van der Waals surface area contributed by atoms with Gasteiger partial charge in [-0.25, -0.2) is 0 Å². The molecule has 0 heterocycles. The highest BCUT2D eigenvalue weighted by Crippen LogP contribution is 2.73. The summed E-state index contributed by atoms with van der Waals surface area (Å²) in [6.45, 7) is 11.6. The van der Waals surface area contributed by atoms with Gasteiger partial charge in [-0.1, -0.05) is 32.4 Å². The van der Waals surface area contributed by atoms with Crippen LogP contribution in [0.2, 0.25) is 0 Å². The molecule has 196 valence electrons. The lowest BCUT2D eigenvalue weighted by Crippen LogP contribution is -2.58. The van der Waals surface area contributed by atoms with Gasteiger partial charge in [-0.15, -0.1) is 0 Å². The Labute approximate surface area is 222 Å². The molecular weight excluding hydrogens is 466 g/mol. The zero-order chi connectivity index (χ0) is 25.8. The summed E-state index contributed by atoms with van der Waals surface area (Å²) < 4.78 is 5.63. The molecule has 6 atom stereocenters. The number of ether oxygens (including phenoxy) is 1. The number of nitrogens with one attached hydrogen (secondary N) is 2. The summed E-state index contributed by atoms with van der Waals surface area (Å²) in [7, 11) is 0. The van der Waals surface area contributed by atoms with Crippen LogP contribution in [0.1, 0.15) is 91.0 Å². The van der Waals surface area contributed by atoms with Gasteiger partial charge in [0.25, 0.3) is 0 Å². The summed E-state index contributed by atoms with van der Waals surface area (Å²) in [5.41, 5.74) is 6.89. The number of nitrogens with zero attached hydrogens (tertiary/aromatic N) is 1. The van der Waals surface area contributed by atoms with E-state index in [1.807, 2.05) is 19.1 Å². The van der Waals surface area contributed by atoms with Crippen LogP contribution < -0.4 is 10.7 Å². The molecule has 2 bridgehead atoms. The predicted molar refractivity (Wildman–Crippen MR) is 150 cm³/mol. The predicted octanol–water partition coefficient (Wildman–Crippen LogP) is 7.00. The topological polar surface area (TPSA) is 62.7 Å². The first-order valence-corrected chi connectivity index (χ1v) is 14.3. The lowest BCUT2D eigenvalue weighted by atomic mass is 9.40. The van der Waals surface area contributed by atoms with Crippen LogP contribution in [-0.2, 0) is 9.53 Å². The van der Waals surface area contributed by atoms with Gasteiger partial charge in [0.05, 0.1) is 12.0 Å². The van der Waals surface area contributed by atoms with E-state index in [0.717, 1.165) is 37.8 Å². The monoisotopic (exact) mass is 509 g/mol. The van der Waals surface area contributed by atoms with Crippen LogP contribution >= 0.6 is 12.2 Å². The van der Waals surface area contributed by atoms with Crippen molar-refractivity contribution in [2.75, 3.05) is 11.9 Å². The Morgan fingerprint density at radius 1 is 1.14 bits per heavy atom. The summed E-state index contributed by atoms with van der Waals surface area (Å²) >= 11 is 5.58. The Bertz CT molecular complexity index is 1090. The number of rotatable bonds is 4. The van der Waals surface area contributed by atoms with Crippen LogP contribution in [0.3, 0.4) is 0 Å². The molecule has 0 unspecified atom stereocenters. The SMILES string of the molecule is CCOC(=O)[C@]1(C)CCC[C@@]2(C)[C@@H]3CC[C@@]4(C)C[C@]3(CC[C@@H]21)C/C4=N\NC(=S)Nc1cccc(C)c1. The number of benzene rings is 1. The second-order valence-electron chi connectivity index (χ2n) is 13.0. The number of carbonyl (C=O) groups is 1. The van der Waals surface area contributed by atoms with Gasteiger partial charge < -0.3 is 10.1 Å². The summed E-state index contributed by atoms with van der Waals surface area (Å²) in [6.07, 6.45) is 10.3. The number of esters is 1. The lowest BCUT2D eigenvalue weighted by molar-refractivity contribution is -0.187. The Morgan fingerprint density at radius 2 is 1.92 bits per heavy atom. The Hall–Kier alpha value is -1.95. The lowest BCUT2D eigenvalue weighted by Gasteiger charge is -2.64. The minimum Gasteiger partial charge on any atom is -0.466 e. The average molecular weight is 510 g/mol. The Balaban J connectivity index is 1.35. The number of hydrogen-bond acceptors (Lipinski definition) is 4. The number of carbonyl (C=O) groups excluding carboxylic acids is 1. The molecule has 36 heavy (non-hydrogen) atoms. The molecule has 4 fully saturated rings. The highest BCUT2D eigenvalue weighted by molar-refractivity contribution is 7.80. The second kappa shape index (κ2) is 9.11. The van der Waals surface area contributed by atoms with Gasteiger partial charge in [-0.3, -0.25) is 10.2 Å². The molecule has 0 saturated heterocycles. The van der Waals surface area contributed by atoms with E-state index in [0.29, 0.717) is 23.6 Å². The van der Waals surface area contributed by atoms with Gasteiger partial charge in [0.2, 0.25) is 0 Å². The maximum atomic E-state index is 13.2. The van der Waals surface area contributed by atoms with E-state index in [-0.39, 0.29) is 27.6 Å². The normalized spacial score (nSPS) is 40.2. The Morgan fingerprint density at radius 3 is 2.67 bits per heavy atom. The zero-order valence-electron chi connectivity index (χ0n) is 22.7. The summed E-state index contributed by atoms with van der Waals surface area (Å²) in [5, 5.41) is 8.76. The molecule has 0 radical (unpaired) electrons. The first kappa shape index (κ1) is 25.7. The van der Waals surface area contributed by atoms with E-state index in [9.17, 15) is 4.79 Å². The number of hydrazone groups is 1. The maximum Gasteiger partial charge on any atom is 0.312 e. The summed E-state index contributed by atoms with van der Waals surface area (Å²) in [6, 6.07) is 8.21. The zero-order valence-corrected chi connectivity index (χ0v) is 23.5. The van der Waals surface area contributed by atoms with E-state index < -0.39 is 0 Å². The van der Waals surface area contributed by atoms with Crippen molar-refractivity contribution in [3.63, 3.8) is 0 Å². The van der Waals surface area contributed by atoms with Crippen LogP contribution in [0.4, 0.5) is 5.69 Å². The molecule has 1 aromatic rings. The van der Waals surface area contributed by atoms with Crippen molar-refractivity contribution >= 4 is 34.7 Å². The van der Waals surface area contributed by atoms with Crippen LogP contribution in [0, 0.1) is 40.4 Å². The summed E-state index contributed by atoms with van der Waals surface area (Å²) in [5.74, 6) is 1.07. The third kappa shape index (κ3) is 4.08. The fourth-order valence-corrected chi connectivity index (χ4v) is 9.41. The van der Waals surface area contributed by atoms with Gasteiger partial charge in [0.1, 0.15) is 0 Å². The van der Waals surface area contributed by atoms with Crippen LogP contribution in [0.5, 0.6) is 0 Å². The van der Waals surface area contributed by atoms with Crippen LogP contribution in [0.25, 0.3) is 0 Å². The van der Waals surface area contributed by atoms with Gasteiger partial charge in [0, 0.05) is 16.8 Å². The third-order valence-corrected chi connectivity index (χ3v) is 10.9. The highest BCUT2D eigenvalue weighted by atomic mass is 32.1. The molecular formula is C30H43N3O2S. The van der Waals surface area contributed by atoms with Crippen molar-refractivity contribution in [3.05, 3.63) is 29.8 Å². The number of thiocarbonyl (C=S) groups is 1. The molecule has 5 rings (SSSR count). The molecule has 5 nitrogen and oxygen atoms in total. The number of hydrogen-bond donors (Lipinski definition) is 2. The van der Waals surface area contributed by atoms with Gasteiger partial charge in [-0.2, -0.15) is 5.10 Å². The largest absolute Gasteiger partial charge is 0.466 e. The Kier molecular flexibility index (Phi) is 6.50. The van der Waals surface area contributed by atoms with E-state index in [2.05, 4.69) is 50.6 Å². The van der Waals surface area contributed by atoms with E-state index >= 15 is 0 Å². The molecule has 2 N–H and O–H groups in total. The van der Waals surface area contributed by atoms with Crippen LogP contribution in [-0.4, -0.2) is 23.4 Å². The first-order valence-electron chi connectivity index (χ1n) is 13.9. The molecule has 1 aromatic carbocycles. The first-order chi connectivity index (χ1) is 17.0. The number of anilines is 1. The highest BCUT2D eigenvalue weighted by Gasteiger charge is 2.67.